The van der Waals surface area contributed by atoms with Gasteiger partial charge in [-0.3, -0.25) is 4.98 Å². The second-order valence-electron chi connectivity index (χ2n) is 6.44. The van der Waals surface area contributed by atoms with Gasteiger partial charge in [-0.1, -0.05) is 47.2 Å². The highest BCUT2D eigenvalue weighted by atomic mass is 35.5. The fraction of sp³-hybridized carbons (Fsp3) is 0.143. The Morgan fingerprint density at radius 1 is 1.07 bits per heavy atom. The Kier molecular flexibility index (Phi) is 5.34. The molecule has 0 aliphatic carbocycles. The van der Waals surface area contributed by atoms with Crippen molar-refractivity contribution in [2.75, 3.05) is 11.9 Å². The summed E-state index contributed by atoms with van der Waals surface area (Å²) in [5.74, 6) is 0. The summed E-state index contributed by atoms with van der Waals surface area (Å²) in [5.41, 5.74) is 8.55. The lowest BCUT2D eigenvalue weighted by Crippen LogP contribution is -2.31. The number of nitrogens with two attached hydrogens (primary N) is 1. The monoisotopic (exact) mass is 394 g/mol. The van der Waals surface area contributed by atoms with Crippen molar-refractivity contribution >= 4 is 38.8 Å². The number of thiazole rings is 1. The van der Waals surface area contributed by atoms with E-state index in [4.69, 9.17) is 17.3 Å². The smallest absolute Gasteiger partial charge is 0.183 e. The normalized spacial score (nSPS) is 12.2. The molecule has 4 rings (SSSR count). The molecule has 1 atom stereocenters. The molecule has 0 amide bonds. The van der Waals surface area contributed by atoms with Gasteiger partial charge in [-0.2, -0.15) is 0 Å². The molecule has 0 aliphatic heterocycles. The number of nitrogens with zero attached hydrogens (tertiary/aromatic N) is 2. The molecule has 0 saturated carbocycles. The SMILES string of the molecule is NC(CNc1ncc(-c2ccc3cnccc3c2)s1)Cc1cccc(Cl)c1. The molecule has 0 saturated heterocycles. The summed E-state index contributed by atoms with van der Waals surface area (Å²) >= 11 is 7.66. The van der Waals surface area contributed by atoms with Crippen LogP contribution in [0.3, 0.4) is 0 Å². The number of hydrogen-bond acceptors (Lipinski definition) is 5. The Morgan fingerprint density at radius 3 is 2.89 bits per heavy atom. The highest BCUT2D eigenvalue weighted by Gasteiger charge is 2.08. The Morgan fingerprint density at radius 2 is 2.00 bits per heavy atom. The number of rotatable bonds is 6. The molecule has 2 aromatic carbocycles. The largest absolute Gasteiger partial charge is 0.360 e. The van der Waals surface area contributed by atoms with E-state index in [-0.39, 0.29) is 6.04 Å². The molecular weight excluding hydrogens is 376 g/mol. The maximum absolute atomic E-state index is 6.25. The van der Waals surface area contributed by atoms with Crippen molar-refractivity contribution in [3.05, 3.63) is 77.7 Å². The minimum Gasteiger partial charge on any atom is -0.360 e. The molecule has 27 heavy (non-hydrogen) atoms. The number of anilines is 1. The zero-order valence-corrected chi connectivity index (χ0v) is 16.2. The number of fused-ring (bicyclic) bond motifs is 1. The van der Waals surface area contributed by atoms with Gasteiger partial charge in [0.05, 0.1) is 4.88 Å². The van der Waals surface area contributed by atoms with Crippen LogP contribution in [-0.4, -0.2) is 22.6 Å². The fourth-order valence-electron chi connectivity index (χ4n) is 2.98. The summed E-state index contributed by atoms with van der Waals surface area (Å²) in [6.45, 7) is 0.656. The van der Waals surface area contributed by atoms with E-state index >= 15 is 0 Å². The lowest BCUT2D eigenvalue weighted by atomic mass is 10.1. The van der Waals surface area contributed by atoms with E-state index in [0.29, 0.717) is 6.54 Å². The standard InChI is InChI=1S/C21H19ClN4S/c22-18-3-1-2-14(8-18)9-19(23)12-25-21-26-13-20(27-21)16-4-5-17-11-24-7-6-15(17)10-16/h1-8,10-11,13,19H,9,12,23H2,(H,25,26). The lowest BCUT2D eigenvalue weighted by Gasteiger charge is -2.12. The number of aromatic nitrogens is 2. The topological polar surface area (TPSA) is 63.8 Å². The quantitative estimate of drug-likeness (QED) is 0.483. The second kappa shape index (κ2) is 8.05. The van der Waals surface area contributed by atoms with Gasteiger partial charge in [0.1, 0.15) is 0 Å². The summed E-state index contributed by atoms with van der Waals surface area (Å²) in [4.78, 5) is 9.76. The number of nitrogens with one attached hydrogen (secondary N) is 1. The molecule has 0 aliphatic rings. The van der Waals surface area contributed by atoms with Crippen molar-refractivity contribution < 1.29 is 0 Å². The molecule has 4 nitrogen and oxygen atoms in total. The van der Waals surface area contributed by atoms with Crippen LogP contribution < -0.4 is 11.1 Å². The van der Waals surface area contributed by atoms with Crippen LogP contribution in [0.1, 0.15) is 5.56 Å². The van der Waals surface area contributed by atoms with E-state index in [2.05, 4.69) is 33.5 Å². The molecule has 0 spiro atoms. The van der Waals surface area contributed by atoms with Crippen LogP contribution in [0.25, 0.3) is 21.2 Å². The second-order valence-corrected chi connectivity index (χ2v) is 7.91. The average molecular weight is 395 g/mol. The third-order valence-corrected chi connectivity index (χ3v) is 5.57. The van der Waals surface area contributed by atoms with Crippen molar-refractivity contribution in [1.82, 2.24) is 9.97 Å². The first-order valence-corrected chi connectivity index (χ1v) is 9.91. The minimum atomic E-state index is -0.0102. The van der Waals surface area contributed by atoms with E-state index in [9.17, 15) is 0 Å². The zero-order valence-electron chi connectivity index (χ0n) is 14.6. The van der Waals surface area contributed by atoms with E-state index in [0.717, 1.165) is 38.0 Å². The van der Waals surface area contributed by atoms with Crippen LogP contribution in [0.15, 0.2) is 67.1 Å². The van der Waals surface area contributed by atoms with E-state index < -0.39 is 0 Å². The summed E-state index contributed by atoms with van der Waals surface area (Å²) in [6.07, 6.45) is 6.36. The predicted molar refractivity (Wildman–Crippen MR) is 114 cm³/mol. The van der Waals surface area contributed by atoms with Crippen LogP contribution >= 0.6 is 22.9 Å². The highest BCUT2D eigenvalue weighted by molar-refractivity contribution is 7.18. The number of halogens is 1. The molecule has 2 aromatic heterocycles. The molecule has 6 heteroatoms. The van der Waals surface area contributed by atoms with E-state index in [1.165, 1.54) is 5.39 Å². The van der Waals surface area contributed by atoms with Crippen molar-refractivity contribution in [1.29, 1.82) is 0 Å². The summed E-state index contributed by atoms with van der Waals surface area (Å²) in [7, 11) is 0. The first-order chi connectivity index (χ1) is 13.2. The molecule has 136 valence electrons. The minimum absolute atomic E-state index is 0.0102. The van der Waals surface area contributed by atoms with Crippen molar-refractivity contribution in [3.8, 4) is 10.4 Å². The Balaban J connectivity index is 1.40. The van der Waals surface area contributed by atoms with Gasteiger partial charge < -0.3 is 11.1 Å². The molecule has 3 N–H and O–H groups in total. The number of hydrogen-bond donors (Lipinski definition) is 2. The lowest BCUT2D eigenvalue weighted by molar-refractivity contribution is 0.699. The average Bonchev–Trinajstić information content (AvgIpc) is 3.15. The fourth-order valence-corrected chi connectivity index (χ4v) is 4.02. The van der Waals surface area contributed by atoms with E-state index in [1.807, 2.05) is 48.9 Å². The Bertz CT molecular complexity index is 1060. The Labute approximate surface area is 167 Å². The van der Waals surface area contributed by atoms with Gasteiger partial charge >= 0.3 is 0 Å². The van der Waals surface area contributed by atoms with Crippen LogP contribution in [0.4, 0.5) is 5.13 Å². The molecule has 2 heterocycles. The summed E-state index contributed by atoms with van der Waals surface area (Å²) in [5, 5.41) is 7.27. The van der Waals surface area contributed by atoms with Gasteiger partial charge in [0.25, 0.3) is 0 Å². The van der Waals surface area contributed by atoms with Crippen LogP contribution in [0, 0.1) is 0 Å². The van der Waals surface area contributed by atoms with Crippen molar-refractivity contribution in [2.45, 2.75) is 12.5 Å². The van der Waals surface area contributed by atoms with Crippen molar-refractivity contribution in [2.24, 2.45) is 5.73 Å². The molecule has 0 radical (unpaired) electrons. The van der Waals surface area contributed by atoms with Crippen molar-refractivity contribution in [3.63, 3.8) is 0 Å². The van der Waals surface area contributed by atoms with Gasteiger partial charge in [0, 0.05) is 41.6 Å². The highest BCUT2D eigenvalue weighted by Crippen LogP contribution is 2.30. The molecular formula is C21H19ClN4S. The van der Waals surface area contributed by atoms with Gasteiger partial charge in [0.2, 0.25) is 0 Å². The van der Waals surface area contributed by atoms with Crippen LogP contribution in [0.2, 0.25) is 5.02 Å². The third kappa shape index (κ3) is 4.45. The van der Waals surface area contributed by atoms with Gasteiger partial charge in [0.15, 0.2) is 5.13 Å². The van der Waals surface area contributed by atoms with Crippen LogP contribution in [-0.2, 0) is 6.42 Å². The van der Waals surface area contributed by atoms with E-state index in [1.54, 1.807) is 11.3 Å². The maximum Gasteiger partial charge on any atom is 0.183 e. The first kappa shape index (κ1) is 17.9. The van der Waals surface area contributed by atoms with Gasteiger partial charge in [-0.05, 0) is 47.2 Å². The molecule has 4 aromatic rings. The number of benzene rings is 2. The predicted octanol–water partition coefficient (Wildman–Crippen LogP) is 4.99. The summed E-state index contributed by atoms with van der Waals surface area (Å²) < 4.78 is 0. The third-order valence-electron chi connectivity index (χ3n) is 4.33. The molecule has 0 bridgehead atoms. The van der Waals surface area contributed by atoms with Gasteiger partial charge in [-0.25, -0.2) is 4.98 Å². The number of pyridine rings is 1. The Hall–Kier alpha value is -2.47. The zero-order chi connectivity index (χ0) is 18.6. The molecule has 0 fully saturated rings. The van der Waals surface area contributed by atoms with Crippen LogP contribution in [0.5, 0.6) is 0 Å². The molecule has 1 unspecified atom stereocenters. The summed E-state index contributed by atoms with van der Waals surface area (Å²) in [6, 6.07) is 16.2. The first-order valence-electron chi connectivity index (χ1n) is 8.71. The van der Waals surface area contributed by atoms with Gasteiger partial charge in [-0.15, -0.1) is 0 Å². The maximum atomic E-state index is 6.25.